The van der Waals surface area contributed by atoms with Gasteiger partial charge in [0, 0.05) is 29.7 Å². The van der Waals surface area contributed by atoms with Gasteiger partial charge >= 0.3 is 5.97 Å². The third kappa shape index (κ3) is 6.15. The summed E-state index contributed by atoms with van der Waals surface area (Å²) in [4.78, 5) is 63.9. The van der Waals surface area contributed by atoms with Crippen molar-refractivity contribution < 1.29 is 44.1 Å². The van der Waals surface area contributed by atoms with Crippen molar-refractivity contribution in [2.24, 2.45) is 28.6 Å². The number of aliphatic hydroxyl groups is 2. The Hall–Kier alpha value is -3.12. The Labute approximate surface area is 245 Å². The molecule has 42 heavy (non-hydrogen) atoms. The van der Waals surface area contributed by atoms with E-state index in [4.69, 9.17) is 4.74 Å². The molecule has 0 heterocycles. The molecule has 12 nitrogen and oxygen atoms in total. The highest BCUT2D eigenvalue weighted by molar-refractivity contribution is 6.01. The predicted octanol–water partition coefficient (Wildman–Crippen LogP) is 2.38. The van der Waals surface area contributed by atoms with Gasteiger partial charge in [0.2, 0.25) is 11.7 Å². The Morgan fingerprint density at radius 1 is 1.17 bits per heavy atom. The van der Waals surface area contributed by atoms with Crippen LogP contribution in [-0.4, -0.2) is 70.2 Å². The normalized spacial score (nSPS) is 34.9. The Balaban J connectivity index is 1.25. The molecule has 7 atom stereocenters. The number of Topliss-reactive ketones (excluding diaryl/α,β-unsaturated/α-hetero) is 1. The summed E-state index contributed by atoms with van der Waals surface area (Å²) in [6.07, 6.45) is 8.60. The van der Waals surface area contributed by atoms with E-state index in [1.165, 1.54) is 0 Å². The highest BCUT2D eigenvalue weighted by Gasteiger charge is 2.68. The molecular weight excluding hydrogens is 548 g/mol. The first-order valence-corrected chi connectivity index (χ1v) is 14.9. The van der Waals surface area contributed by atoms with Crippen LogP contribution in [-0.2, 0) is 28.8 Å². The monoisotopic (exact) mass is 590 g/mol. The number of esters is 1. The Morgan fingerprint density at radius 2 is 1.93 bits per heavy atom. The summed E-state index contributed by atoms with van der Waals surface area (Å²) < 4.78 is 5.18. The fraction of sp³-hybridized carbons (Fsp3) is 0.733. The highest BCUT2D eigenvalue weighted by atomic mass is 16.9. The van der Waals surface area contributed by atoms with E-state index >= 15 is 0 Å². The molecule has 0 aromatic rings. The average Bonchev–Trinajstić information content (AvgIpc) is 3.20. The van der Waals surface area contributed by atoms with Gasteiger partial charge in [-0.1, -0.05) is 31.9 Å². The van der Waals surface area contributed by atoms with E-state index in [9.17, 15) is 39.5 Å². The Bertz CT molecular complexity index is 1170. The number of ketones is 2. The second-order valence-corrected chi connectivity index (χ2v) is 12.7. The number of allylic oxidation sites excluding steroid dienone is 4. The van der Waals surface area contributed by atoms with Gasteiger partial charge in [-0.25, -0.2) is 0 Å². The molecule has 3 saturated carbocycles. The third-order valence-corrected chi connectivity index (χ3v) is 10.4. The number of hydrogen-bond donors (Lipinski definition) is 3. The summed E-state index contributed by atoms with van der Waals surface area (Å²) in [6, 6.07) is 0. The SMILES string of the molecule is C[C@]12C=CC(=O)C=C1CCC1C2[C@@H](O)C[C@@]2(C)C1CC[C@]2(O)C(=O)COC(=O)CCNC(=O)CCCCCO[N+](=O)[O-]. The van der Waals surface area contributed by atoms with Gasteiger partial charge in [-0.2, -0.15) is 0 Å². The molecular formula is C30H42N2O10. The molecule has 0 bridgehead atoms. The second kappa shape index (κ2) is 12.6. The lowest BCUT2D eigenvalue weighted by Gasteiger charge is -2.59. The van der Waals surface area contributed by atoms with Crippen LogP contribution in [0.5, 0.6) is 0 Å². The van der Waals surface area contributed by atoms with Crippen LogP contribution in [0.25, 0.3) is 0 Å². The lowest BCUT2D eigenvalue weighted by molar-refractivity contribution is -0.757. The van der Waals surface area contributed by atoms with E-state index in [1.807, 2.05) is 13.0 Å². The van der Waals surface area contributed by atoms with Crippen LogP contribution >= 0.6 is 0 Å². The summed E-state index contributed by atoms with van der Waals surface area (Å²) in [5.41, 5.74) is -2.03. The Morgan fingerprint density at radius 3 is 2.67 bits per heavy atom. The molecule has 0 aromatic carbocycles. The number of amides is 1. The maximum absolute atomic E-state index is 13.4. The maximum Gasteiger partial charge on any atom is 0.308 e. The molecule has 232 valence electrons. The number of fused-ring (bicyclic) bond motifs is 5. The van der Waals surface area contributed by atoms with Crippen LogP contribution in [0.1, 0.15) is 78.1 Å². The highest BCUT2D eigenvalue weighted by Crippen LogP contribution is 2.67. The first kappa shape index (κ1) is 31.8. The van der Waals surface area contributed by atoms with Crippen molar-refractivity contribution in [2.75, 3.05) is 19.8 Å². The van der Waals surface area contributed by atoms with Crippen molar-refractivity contribution in [3.8, 4) is 0 Å². The Kier molecular flexibility index (Phi) is 9.56. The topological polar surface area (TPSA) is 182 Å². The number of aliphatic hydroxyl groups excluding tert-OH is 1. The fourth-order valence-electron chi connectivity index (χ4n) is 8.22. The van der Waals surface area contributed by atoms with Crippen LogP contribution in [0.4, 0.5) is 0 Å². The van der Waals surface area contributed by atoms with Crippen molar-refractivity contribution in [3.05, 3.63) is 33.9 Å². The molecule has 4 aliphatic rings. The molecule has 3 N–H and O–H groups in total. The van der Waals surface area contributed by atoms with Gasteiger partial charge in [-0.15, -0.1) is 10.1 Å². The lowest BCUT2D eigenvalue weighted by Crippen LogP contribution is -2.61. The summed E-state index contributed by atoms with van der Waals surface area (Å²) >= 11 is 0. The van der Waals surface area contributed by atoms with E-state index < -0.39 is 46.0 Å². The molecule has 0 spiro atoms. The minimum atomic E-state index is -1.74. The largest absolute Gasteiger partial charge is 0.457 e. The van der Waals surface area contributed by atoms with Crippen LogP contribution in [0.2, 0.25) is 0 Å². The maximum atomic E-state index is 13.4. The van der Waals surface area contributed by atoms with Gasteiger partial charge < -0.3 is 25.1 Å². The van der Waals surface area contributed by atoms with Crippen molar-refractivity contribution in [3.63, 3.8) is 0 Å². The van der Waals surface area contributed by atoms with Gasteiger partial charge in [0.05, 0.1) is 19.1 Å². The number of rotatable bonds is 13. The molecule has 0 aliphatic heterocycles. The van der Waals surface area contributed by atoms with Gasteiger partial charge in [-0.3, -0.25) is 19.2 Å². The zero-order chi connectivity index (χ0) is 30.7. The molecule has 0 radical (unpaired) electrons. The van der Waals surface area contributed by atoms with Gasteiger partial charge in [0.15, 0.2) is 12.4 Å². The van der Waals surface area contributed by atoms with Crippen LogP contribution in [0, 0.1) is 38.7 Å². The number of carbonyl (C=O) groups excluding carboxylic acids is 4. The summed E-state index contributed by atoms with van der Waals surface area (Å²) in [6.45, 7) is 3.36. The van der Waals surface area contributed by atoms with E-state index in [1.54, 1.807) is 12.2 Å². The molecule has 4 rings (SSSR count). The fourth-order valence-corrected chi connectivity index (χ4v) is 8.22. The third-order valence-electron chi connectivity index (χ3n) is 10.4. The number of unbranched alkanes of at least 4 members (excludes halogenated alkanes) is 2. The van der Waals surface area contributed by atoms with Crippen molar-refractivity contribution in [2.45, 2.75) is 89.8 Å². The van der Waals surface area contributed by atoms with E-state index in [2.05, 4.69) is 17.1 Å². The molecule has 0 saturated heterocycles. The van der Waals surface area contributed by atoms with E-state index in [0.717, 1.165) is 18.4 Å². The smallest absolute Gasteiger partial charge is 0.308 e. The number of nitrogens with one attached hydrogen (secondary N) is 1. The quantitative estimate of drug-likeness (QED) is 0.125. The molecule has 1 amide bonds. The van der Waals surface area contributed by atoms with Crippen molar-refractivity contribution in [1.29, 1.82) is 0 Å². The molecule has 0 aromatic heterocycles. The van der Waals surface area contributed by atoms with Gasteiger partial charge in [0.25, 0.3) is 5.09 Å². The van der Waals surface area contributed by atoms with Crippen molar-refractivity contribution >= 4 is 23.4 Å². The molecule has 3 unspecified atom stereocenters. The van der Waals surface area contributed by atoms with Gasteiger partial charge in [-0.05, 0) is 68.9 Å². The van der Waals surface area contributed by atoms with Crippen LogP contribution in [0.15, 0.2) is 23.8 Å². The van der Waals surface area contributed by atoms with Crippen molar-refractivity contribution in [1.82, 2.24) is 5.32 Å². The zero-order valence-corrected chi connectivity index (χ0v) is 24.3. The number of ether oxygens (including phenoxy) is 1. The summed E-state index contributed by atoms with van der Waals surface area (Å²) in [5, 5.41) is 35.1. The molecule has 3 fully saturated rings. The lowest BCUT2D eigenvalue weighted by atomic mass is 9.46. The predicted molar refractivity (Wildman–Crippen MR) is 148 cm³/mol. The van der Waals surface area contributed by atoms with Crippen LogP contribution < -0.4 is 5.32 Å². The average molecular weight is 591 g/mol. The zero-order valence-electron chi connectivity index (χ0n) is 24.3. The molecule has 4 aliphatic carbocycles. The van der Waals surface area contributed by atoms with Crippen LogP contribution in [0.3, 0.4) is 0 Å². The standard InChI is InChI=1S/C30H42N2O10/c1-28-12-9-20(33)16-19(28)7-8-21-22-10-13-30(38,29(22,2)17-23(34)27(21)28)24(35)18-41-26(37)11-14-31-25(36)6-4-3-5-15-42-32(39)40/h9,12,16,21-23,27,34,38H,3-8,10-11,13-15,17-18H2,1-2H3,(H,31,36)/t21?,22?,23-,27?,28-,29-,30-/m0/s1. The summed E-state index contributed by atoms with van der Waals surface area (Å²) in [5.74, 6) is -1.61. The van der Waals surface area contributed by atoms with E-state index in [0.29, 0.717) is 25.7 Å². The number of nitrogens with zero attached hydrogens (tertiary/aromatic N) is 1. The van der Waals surface area contributed by atoms with Gasteiger partial charge in [0.1, 0.15) is 5.60 Å². The first-order valence-electron chi connectivity index (χ1n) is 14.9. The minimum Gasteiger partial charge on any atom is -0.457 e. The first-order chi connectivity index (χ1) is 19.8. The number of carbonyl (C=O) groups is 4. The van der Waals surface area contributed by atoms with E-state index in [-0.39, 0.29) is 68.3 Å². The minimum absolute atomic E-state index is 0.00393. The molecule has 12 heteroatoms. The summed E-state index contributed by atoms with van der Waals surface area (Å²) in [7, 11) is 0. The number of hydrogen-bond acceptors (Lipinski definition) is 10. The second-order valence-electron chi connectivity index (χ2n) is 12.7.